The number of nitrogens with zero attached hydrogens (tertiary/aromatic N) is 2. The van der Waals surface area contributed by atoms with E-state index in [1.807, 2.05) is 6.07 Å². The van der Waals surface area contributed by atoms with Crippen LogP contribution in [-0.2, 0) is 0 Å². The zero-order chi connectivity index (χ0) is 28.4. The van der Waals surface area contributed by atoms with Gasteiger partial charge in [-0.3, -0.25) is 9.69 Å². The molecule has 3 atom stereocenters. The second kappa shape index (κ2) is 11.6. The van der Waals surface area contributed by atoms with Gasteiger partial charge in [-0.1, -0.05) is 11.8 Å². The van der Waals surface area contributed by atoms with Crippen LogP contribution in [0.2, 0.25) is 0 Å². The minimum atomic E-state index is -4.46. The minimum absolute atomic E-state index is 0.0351. The SMILES string of the molecule is CNC(=O)c1ccc(NCC#Cc2cc3c(N[C@@H]4CC[C@@H]5CC[C@H]4N5C)cccn3c2SC(F)(F)F)c(OC)c1. The monoisotopic (exact) mass is 571 g/mol. The number of likely N-dealkylation sites (N-methyl/N-ethyl adjacent to an activating group) is 1. The number of amides is 1. The number of carbonyl (C=O) groups excluding carboxylic acids is 1. The number of halogens is 3. The van der Waals surface area contributed by atoms with Crippen LogP contribution < -0.4 is 20.7 Å². The lowest BCUT2D eigenvalue weighted by Gasteiger charge is -2.38. The van der Waals surface area contributed by atoms with Crippen molar-refractivity contribution in [3.05, 3.63) is 53.7 Å². The van der Waals surface area contributed by atoms with Gasteiger partial charge in [0.1, 0.15) is 10.8 Å². The fourth-order valence-corrected chi connectivity index (χ4v) is 6.50. The van der Waals surface area contributed by atoms with Gasteiger partial charge < -0.3 is 25.1 Å². The Balaban J connectivity index is 1.40. The van der Waals surface area contributed by atoms with Crippen molar-refractivity contribution in [3.63, 3.8) is 0 Å². The molecule has 2 aliphatic rings. The lowest BCUT2D eigenvalue weighted by atomic mass is 9.97. The van der Waals surface area contributed by atoms with E-state index in [-0.39, 0.29) is 35.3 Å². The summed E-state index contributed by atoms with van der Waals surface area (Å²) >= 11 is -0.157. The summed E-state index contributed by atoms with van der Waals surface area (Å²) in [6.45, 7) is 0.167. The molecule has 0 spiro atoms. The molecule has 2 fully saturated rings. The highest BCUT2D eigenvalue weighted by Crippen LogP contribution is 2.41. The third-order valence-corrected chi connectivity index (χ3v) is 8.61. The molecule has 0 radical (unpaired) electrons. The molecule has 40 heavy (non-hydrogen) atoms. The Labute approximate surface area is 235 Å². The van der Waals surface area contributed by atoms with Crippen molar-refractivity contribution in [3.8, 4) is 17.6 Å². The number of piperidine rings is 1. The Hall–Kier alpha value is -3.49. The smallest absolute Gasteiger partial charge is 0.447 e. The number of nitrogens with one attached hydrogen (secondary N) is 3. The Morgan fingerprint density at radius 3 is 2.70 bits per heavy atom. The third-order valence-electron chi connectivity index (χ3n) is 7.77. The van der Waals surface area contributed by atoms with E-state index in [4.69, 9.17) is 4.74 Å². The number of methoxy groups -OCH3 is 1. The molecule has 3 N–H and O–H groups in total. The van der Waals surface area contributed by atoms with Crippen molar-refractivity contribution in [1.29, 1.82) is 0 Å². The van der Waals surface area contributed by atoms with Gasteiger partial charge in [0, 0.05) is 48.7 Å². The van der Waals surface area contributed by atoms with Crippen LogP contribution in [0.3, 0.4) is 0 Å². The summed E-state index contributed by atoms with van der Waals surface area (Å²) in [5, 5.41) is 9.37. The van der Waals surface area contributed by atoms with Crippen molar-refractivity contribution >= 4 is 34.6 Å². The summed E-state index contributed by atoms with van der Waals surface area (Å²) < 4.78 is 47.7. The van der Waals surface area contributed by atoms with Crippen molar-refractivity contribution in [2.24, 2.45) is 0 Å². The zero-order valence-electron chi connectivity index (χ0n) is 22.6. The fourth-order valence-electron chi connectivity index (χ4n) is 5.81. The summed E-state index contributed by atoms with van der Waals surface area (Å²) in [5.41, 5.74) is -1.61. The number of pyridine rings is 1. The summed E-state index contributed by atoms with van der Waals surface area (Å²) in [5.74, 6) is 6.11. The van der Waals surface area contributed by atoms with Gasteiger partial charge in [-0.15, -0.1) is 0 Å². The molecule has 2 saturated heterocycles. The Morgan fingerprint density at radius 2 is 1.95 bits per heavy atom. The third kappa shape index (κ3) is 5.83. The largest absolute Gasteiger partial charge is 0.495 e. The van der Waals surface area contributed by atoms with Gasteiger partial charge in [0.25, 0.3) is 5.91 Å². The molecular weight excluding hydrogens is 539 g/mol. The molecule has 4 heterocycles. The predicted molar refractivity (Wildman–Crippen MR) is 152 cm³/mol. The van der Waals surface area contributed by atoms with E-state index in [9.17, 15) is 18.0 Å². The lowest BCUT2D eigenvalue weighted by molar-refractivity contribution is -0.0329. The zero-order valence-corrected chi connectivity index (χ0v) is 23.4. The van der Waals surface area contributed by atoms with Crippen molar-refractivity contribution in [1.82, 2.24) is 14.6 Å². The second-order valence-corrected chi connectivity index (χ2v) is 11.1. The second-order valence-electron chi connectivity index (χ2n) is 10.0. The van der Waals surface area contributed by atoms with Gasteiger partial charge >= 0.3 is 5.51 Å². The van der Waals surface area contributed by atoms with Gasteiger partial charge in [0.05, 0.1) is 36.1 Å². The summed E-state index contributed by atoms with van der Waals surface area (Å²) in [6.07, 6.45) is 6.13. The quantitative estimate of drug-likeness (QED) is 0.260. The number of thioether (sulfide) groups is 1. The normalized spacial score (nSPS) is 20.6. The highest BCUT2D eigenvalue weighted by molar-refractivity contribution is 8.00. The number of alkyl halides is 3. The summed E-state index contributed by atoms with van der Waals surface area (Å²) in [6, 6.07) is 11.7. The van der Waals surface area contributed by atoms with Crippen molar-refractivity contribution < 1.29 is 22.7 Å². The molecule has 7 nitrogen and oxygen atoms in total. The first-order chi connectivity index (χ1) is 19.2. The van der Waals surface area contributed by atoms with Gasteiger partial charge in [0.15, 0.2) is 0 Å². The molecule has 1 amide bonds. The molecule has 212 valence electrons. The molecule has 11 heteroatoms. The van der Waals surface area contributed by atoms with Crippen LogP contribution in [-0.4, -0.2) is 66.6 Å². The van der Waals surface area contributed by atoms with Gasteiger partial charge in [-0.2, -0.15) is 13.2 Å². The van der Waals surface area contributed by atoms with Crippen LogP contribution in [0.1, 0.15) is 41.6 Å². The first-order valence-electron chi connectivity index (χ1n) is 13.2. The molecule has 2 aliphatic heterocycles. The average molecular weight is 572 g/mol. The number of hydrogen-bond acceptors (Lipinski definition) is 6. The average Bonchev–Trinajstić information content (AvgIpc) is 3.38. The first-order valence-corrected chi connectivity index (χ1v) is 14.0. The maximum atomic E-state index is 13.6. The highest BCUT2D eigenvalue weighted by Gasteiger charge is 2.40. The number of rotatable bonds is 7. The molecule has 2 bridgehead atoms. The number of carbonyl (C=O) groups is 1. The maximum absolute atomic E-state index is 13.6. The van der Waals surface area contributed by atoms with Gasteiger partial charge in [-0.05, 0) is 69.1 Å². The molecule has 2 aromatic heterocycles. The van der Waals surface area contributed by atoms with E-state index >= 15 is 0 Å². The lowest BCUT2D eigenvalue weighted by Crippen LogP contribution is -2.48. The molecule has 3 aromatic rings. The minimum Gasteiger partial charge on any atom is -0.495 e. The predicted octanol–water partition coefficient (Wildman–Crippen LogP) is 5.42. The Morgan fingerprint density at radius 1 is 1.15 bits per heavy atom. The number of aromatic nitrogens is 1. The van der Waals surface area contributed by atoms with Gasteiger partial charge in [-0.25, -0.2) is 0 Å². The van der Waals surface area contributed by atoms with E-state index in [1.54, 1.807) is 48.0 Å². The number of benzene rings is 1. The van der Waals surface area contributed by atoms with Crippen molar-refractivity contribution in [2.45, 2.75) is 54.3 Å². The van der Waals surface area contributed by atoms with Crippen molar-refractivity contribution in [2.75, 3.05) is 38.4 Å². The number of anilines is 2. The molecule has 0 aliphatic carbocycles. The molecule has 5 rings (SSSR count). The Kier molecular flexibility index (Phi) is 8.10. The van der Waals surface area contributed by atoms with Crippen LogP contribution in [0, 0.1) is 11.8 Å². The van der Waals surface area contributed by atoms with E-state index in [0.29, 0.717) is 40.2 Å². The van der Waals surface area contributed by atoms with E-state index < -0.39 is 5.51 Å². The van der Waals surface area contributed by atoms with Crippen LogP contribution in [0.15, 0.2) is 47.6 Å². The molecular formula is C29H32F3N5O2S. The molecule has 0 saturated carbocycles. The van der Waals surface area contributed by atoms with Gasteiger partial charge in [0.2, 0.25) is 0 Å². The van der Waals surface area contributed by atoms with Crippen LogP contribution in [0.4, 0.5) is 24.5 Å². The van der Waals surface area contributed by atoms with Crippen LogP contribution in [0.25, 0.3) is 5.52 Å². The standard InChI is InChI=1S/C29H32F3N5O2S/c1-33-27(38)18-8-11-23(26(17-18)39-3)34-14-4-6-19-16-25-21(7-5-15-37(25)28(19)40-29(30,31)32)35-22-12-9-20-10-13-24(22)36(20)2/h5,7-8,11,15-17,20,22,24,34-35H,9-10,12-14H2,1-3H3,(H,33,38)/t20-,22-,24-/m1/s1. The highest BCUT2D eigenvalue weighted by atomic mass is 32.2. The summed E-state index contributed by atoms with van der Waals surface area (Å²) in [4.78, 5) is 14.3. The number of hydrogen-bond donors (Lipinski definition) is 3. The maximum Gasteiger partial charge on any atom is 0.447 e. The topological polar surface area (TPSA) is 70.0 Å². The first kappa shape index (κ1) is 28.1. The van der Waals surface area contributed by atoms with E-state index in [2.05, 4.69) is 39.7 Å². The Bertz CT molecular complexity index is 1460. The van der Waals surface area contributed by atoms with Crippen LogP contribution in [0.5, 0.6) is 5.75 Å². The molecule has 0 unspecified atom stereocenters. The van der Waals surface area contributed by atoms with E-state index in [0.717, 1.165) is 24.9 Å². The van der Waals surface area contributed by atoms with Crippen LogP contribution >= 0.6 is 11.8 Å². The van der Waals surface area contributed by atoms with E-state index in [1.165, 1.54) is 13.5 Å². The number of fused-ring (bicyclic) bond motifs is 3. The number of ether oxygens (including phenoxy) is 1. The fraction of sp³-hybridized carbons (Fsp3) is 0.414. The summed E-state index contributed by atoms with van der Waals surface area (Å²) in [7, 11) is 5.21. The molecule has 1 aromatic carbocycles.